The molecule has 1 amide bonds. The zero-order chi connectivity index (χ0) is 28.4. The molecule has 0 radical (unpaired) electrons. The van der Waals surface area contributed by atoms with Crippen molar-refractivity contribution in [2.45, 2.75) is 19.3 Å². The van der Waals surface area contributed by atoms with Gasteiger partial charge in [-0.25, -0.2) is 0 Å². The fourth-order valence-electron chi connectivity index (χ4n) is 5.30. The van der Waals surface area contributed by atoms with E-state index in [9.17, 15) is 9.59 Å². The van der Waals surface area contributed by atoms with Crippen molar-refractivity contribution in [3.8, 4) is 5.69 Å². The Morgan fingerprint density at radius 1 is 0.878 bits per heavy atom. The predicted octanol–water partition coefficient (Wildman–Crippen LogP) is 4.55. The van der Waals surface area contributed by atoms with Gasteiger partial charge in [0.2, 0.25) is 5.91 Å². The Bertz CT molecular complexity index is 1410. The molecule has 1 aromatic heterocycles. The summed E-state index contributed by atoms with van der Waals surface area (Å²) in [6.45, 7) is 5.95. The van der Waals surface area contributed by atoms with E-state index in [2.05, 4.69) is 39.6 Å². The van der Waals surface area contributed by atoms with Crippen LogP contribution in [0, 0.1) is 0 Å². The van der Waals surface area contributed by atoms with Gasteiger partial charge in [-0.15, -0.1) is 0 Å². The summed E-state index contributed by atoms with van der Waals surface area (Å²) in [6, 6.07) is 29.9. The number of piperazine rings is 1. The Morgan fingerprint density at radius 2 is 1.46 bits per heavy atom. The molecule has 8 heteroatoms. The van der Waals surface area contributed by atoms with Crippen LogP contribution in [0.5, 0.6) is 0 Å². The van der Waals surface area contributed by atoms with Gasteiger partial charge in [0.15, 0.2) is 0 Å². The average Bonchev–Trinajstić information content (AvgIpc) is 3.03. The number of carbonyl (C=O) groups excluding carboxylic acids is 1. The summed E-state index contributed by atoms with van der Waals surface area (Å²) in [5.41, 5.74) is 4.02. The minimum absolute atomic E-state index is 0.00107. The first kappa shape index (κ1) is 28.1. The molecule has 8 nitrogen and oxygen atoms in total. The number of benzene rings is 3. The number of carbonyl (C=O) groups is 1. The van der Waals surface area contributed by atoms with Gasteiger partial charge in [0, 0.05) is 51.7 Å². The Labute approximate surface area is 241 Å². The second-order valence-corrected chi connectivity index (χ2v) is 10.0. The molecule has 1 aliphatic rings. The summed E-state index contributed by atoms with van der Waals surface area (Å²) >= 11 is 0. The lowest BCUT2D eigenvalue weighted by Gasteiger charge is -2.37. The van der Waals surface area contributed by atoms with E-state index >= 15 is 0 Å². The van der Waals surface area contributed by atoms with E-state index in [0.717, 1.165) is 16.8 Å². The fraction of sp³-hybridized carbons (Fsp3) is 0.303. The zero-order valence-corrected chi connectivity index (χ0v) is 23.5. The highest BCUT2D eigenvalue weighted by molar-refractivity contribution is 5.78. The summed E-state index contributed by atoms with van der Waals surface area (Å²) < 4.78 is 6.90. The number of rotatable bonds is 11. The standard InChI is InChI=1S/C33H37N5O3/c1-2-41-23-18-34-32-30(25-35-38(33(32)40)28-16-10-5-11-17-28)36-19-21-37(22-20-36)31(39)24-29(26-12-6-3-7-13-26)27-14-8-4-9-15-27/h3-17,25,29,34H,2,18-24H2,1H3. The third-order valence-electron chi connectivity index (χ3n) is 7.47. The van der Waals surface area contributed by atoms with Crippen molar-refractivity contribution in [1.29, 1.82) is 0 Å². The molecule has 0 aliphatic carbocycles. The first-order valence-corrected chi connectivity index (χ1v) is 14.3. The molecule has 1 fully saturated rings. The number of anilines is 2. The lowest BCUT2D eigenvalue weighted by molar-refractivity contribution is -0.131. The third kappa shape index (κ3) is 6.84. The van der Waals surface area contributed by atoms with Crippen molar-refractivity contribution in [3.63, 3.8) is 0 Å². The average molecular weight is 552 g/mol. The number of amides is 1. The molecule has 5 rings (SSSR count). The molecule has 212 valence electrons. The lowest BCUT2D eigenvalue weighted by Crippen LogP contribution is -2.49. The highest BCUT2D eigenvalue weighted by Crippen LogP contribution is 2.29. The maximum absolute atomic E-state index is 13.6. The molecule has 1 N–H and O–H groups in total. The third-order valence-corrected chi connectivity index (χ3v) is 7.47. The Kier molecular flexibility index (Phi) is 9.44. The Morgan fingerprint density at radius 3 is 2.05 bits per heavy atom. The van der Waals surface area contributed by atoms with Crippen LogP contribution < -0.4 is 15.8 Å². The summed E-state index contributed by atoms with van der Waals surface area (Å²) in [6.07, 6.45) is 2.16. The molecule has 0 atom stereocenters. The van der Waals surface area contributed by atoms with E-state index in [1.807, 2.05) is 78.6 Å². The number of nitrogens with one attached hydrogen (secondary N) is 1. The molecule has 1 saturated heterocycles. The smallest absolute Gasteiger partial charge is 0.296 e. The molecule has 0 spiro atoms. The summed E-state index contributed by atoms with van der Waals surface area (Å²) in [7, 11) is 0. The van der Waals surface area contributed by atoms with Crippen LogP contribution in [-0.2, 0) is 9.53 Å². The minimum atomic E-state index is -0.211. The summed E-state index contributed by atoms with van der Waals surface area (Å²) in [4.78, 5) is 31.2. The van der Waals surface area contributed by atoms with Crippen LogP contribution in [0.3, 0.4) is 0 Å². The van der Waals surface area contributed by atoms with Gasteiger partial charge >= 0.3 is 0 Å². The van der Waals surface area contributed by atoms with Crippen LogP contribution in [0.25, 0.3) is 5.69 Å². The van der Waals surface area contributed by atoms with Gasteiger partial charge in [-0.1, -0.05) is 78.9 Å². The van der Waals surface area contributed by atoms with Gasteiger partial charge < -0.3 is 19.9 Å². The molecule has 0 unspecified atom stereocenters. The zero-order valence-electron chi connectivity index (χ0n) is 23.5. The van der Waals surface area contributed by atoms with Crippen LogP contribution in [-0.4, -0.2) is 66.5 Å². The van der Waals surface area contributed by atoms with E-state index in [-0.39, 0.29) is 17.4 Å². The highest BCUT2D eigenvalue weighted by atomic mass is 16.5. The maximum atomic E-state index is 13.6. The molecule has 41 heavy (non-hydrogen) atoms. The number of nitrogens with zero attached hydrogens (tertiary/aromatic N) is 4. The first-order valence-electron chi connectivity index (χ1n) is 14.3. The minimum Gasteiger partial charge on any atom is -0.380 e. The maximum Gasteiger partial charge on any atom is 0.296 e. The molecule has 0 bridgehead atoms. The predicted molar refractivity (Wildman–Crippen MR) is 163 cm³/mol. The van der Waals surface area contributed by atoms with Gasteiger partial charge in [-0.2, -0.15) is 9.78 Å². The molecule has 0 saturated carbocycles. The summed E-state index contributed by atoms with van der Waals surface area (Å²) in [5, 5.41) is 7.80. The lowest BCUT2D eigenvalue weighted by atomic mass is 9.88. The fourth-order valence-corrected chi connectivity index (χ4v) is 5.30. The van der Waals surface area contributed by atoms with Crippen molar-refractivity contribution in [2.24, 2.45) is 0 Å². The summed E-state index contributed by atoms with van der Waals surface area (Å²) in [5.74, 6) is 0.133. The Hall–Kier alpha value is -4.43. The normalized spacial score (nSPS) is 13.4. The van der Waals surface area contributed by atoms with Gasteiger partial charge in [-0.3, -0.25) is 9.59 Å². The van der Waals surface area contributed by atoms with Crippen LogP contribution in [0.2, 0.25) is 0 Å². The van der Waals surface area contributed by atoms with Gasteiger partial charge in [0.25, 0.3) is 5.56 Å². The topological polar surface area (TPSA) is 79.7 Å². The van der Waals surface area contributed by atoms with E-state index in [4.69, 9.17) is 4.74 Å². The van der Waals surface area contributed by atoms with Crippen LogP contribution in [0.1, 0.15) is 30.4 Å². The van der Waals surface area contributed by atoms with E-state index in [1.165, 1.54) is 4.68 Å². The second kappa shape index (κ2) is 13.8. The molecule has 4 aromatic rings. The van der Waals surface area contributed by atoms with E-state index < -0.39 is 0 Å². The molecular formula is C33H37N5O3. The quantitative estimate of drug-likeness (QED) is 0.276. The monoisotopic (exact) mass is 551 g/mol. The van der Waals surface area contributed by atoms with Crippen LogP contribution in [0.4, 0.5) is 11.4 Å². The second-order valence-electron chi connectivity index (χ2n) is 10.0. The number of para-hydroxylation sites is 1. The van der Waals surface area contributed by atoms with Crippen molar-refractivity contribution < 1.29 is 9.53 Å². The molecule has 2 heterocycles. The van der Waals surface area contributed by atoms with Crippen LogP contribution >= 0.6 is 0 Å². The number of hydrogen-bond donors (Lipinski definition) is 1. The van der Waals surface area contributed by atoms with Crippen molar-refractivity contribution in [1.82, 2.24) is 14.7 Å². The molecule has 3 aromatic carbocycles. The highest BCUT2D eigenvalue weighted by Gasteiger charge is 2.27. The largest absolute Gasteiger partial charge is 0.380 e. The molecule has 1 aliphatic heterocycles. The van der Waals surface area contributed by atoms with Crippen molar-refractivity contribution >= 4 is 17.3 Å². The van der Waals surface area contributed by atoms with E-state index in [0.29, 0.717) is 63.7 Å². The van der Waals surface area contributed by atoms with Gasteiger partial charge in [0.05, 0.1) is 24.2 Å². The number of hydrogen-bond acceptors (Lipinski definition) is 6. The van der Waals surface area contributed by atoms with Crippen molar-refractivity contribution in [3.05, 3.63) is 119 Å². The van der Waals surface area contributed by atoms with E-state index in [1.54, 1.807) is 6.20 Å². The number of ether oxygens (including phenoxy) is 1. The SMILES string of the molecule is CCOCCNc1c(N2CCN(C(=O)CC(c3ccccc3)c3ccccc3)CC2)cnn(-c2ccccc2)c1=O. The molecular weight excluding hydrogens is 514 g/mol. The first-order chi connectivity index (χ1) is 20.2. The van der Waals surface area contributed by atoms with Crippen molar-refractivity contribution in [2.75, 3.05) is 56.2 Å². The van der Waals surface area contributed by atoms with Gasteiger partial charge in [0.1, 0.15) is 5.69 Å². The van der Waals surface area contributed by atoms with Gasteiger partial charge in [-0.05, 0) is 30.2 Å². The Balaban J connectivity index is 1.31. The number of aromatic nitrogens is 2. The van der Waals surface area contributed by atoms with Crippen LogP contribution in [0.15, 0.2) is 102 Å².